The second-order valence-electron chi connectivity index (χ2n) is 3.72. The predicted molar refractivity (Wildman–Crippen MR) is 76.2 cm³/mol. The Balaban J connectivity index is 2.24. The number of anilines is 1. The van der Waals surface area contributed by atoms with Gasteiger partial charge in [0.2, 0.25) is 5.89 Å². The van der Waals surface area contributed by atoms with Gasteiger partial charge in [-0.15, -0.1) is 10.2 Å². The molecule has 102 valence electrons. The third-order valence-corrected chi connectivity index (χ3v) is 3.66. The number of hydrogen-bond acceptors (Lipinski definition) is 6. The van der Waals surface area contributed by atoms with Crippen molar-refractivity contribution in [3.05, 3.63) is 22.0 Å². The van der Waals surface area contributed by atoms with Crippen LogP contribution in [0.3, 0.4) is 0 Å². The fourth-order valence-electron chi connectivity index (χ4n) is 1.29. The maximum atomic E-state index is 6.11. The zero-order valence-electron chi connectivity index (χ0n) is 10.4. The average Bonchev–Trinajstić information content (AvgIpc) is 2.77. The van der Waals surface area contributed by atoms with Crippen molar-refractivity contribution in [2.45, 2.75) is 30.5 Å². The normalized spacial score (nSPS) is 10.7. The molecule has 0 spiro atoms. The number of aromatic nitrogens is 3. The first-order chi connectivity index (χ1) is 9.10. The zero-order valence-corrected chi connectivity index (χ0v) is 12.7. The summed E-state index contributed by atoms with van der Waals surface area (Å²) in [6.07, 6.45) is 0.978. The van der Waals surface area contributed by atoms with Gasteiger partial charge in [0.15, 0.2) is 0 Å². The van der Waals surface area contributed by atoms with Crippen molar-refractivity contribution in [2.75, 3.05) is 11.9 Å². The van der Waals surface area contributed by atoms with E-state index in [1.807, 2.05) is 0 Å². The number of aryl methyl sites for hydroxylation is 1. The predicted octanol–water partition coefficient (Wildman–Crippen LogP) is 4.05. The number of halogens is 2. The highest BCUT2D eigenvalue weighted by molar-refractivity contribution is 7.99. The first-order valence-corrected chi connectivity index (χ1v) is 7.25. The highest BCUT2D eigenvalue weighted by Gasteiger charge is 2.13. The van der Waals surface area contributed by atoms with Gasteiger partial charge < -0.3 is 9.73 Å². The van der Waals surface area contributed by atoms with Gasteiger partial charge >= 0.3 is 0 Å². The van der Waals surface area contributed by atoms with Crippen LogP contribution < -0.4 is 5.32 Å². The van der Waals surface area contributed by atoms with Crippen molar-refractivity contribution in [2.24, 2.45) is 0 Å². The molecule has 0 aliphatic carbocycles. The molecule has 2 rings (SSSR count). The number of hydrogen-bond donors (Lipinski definition) is 1. The molecule has 1 N–H and O–H groups in total. The monoisotopic (exact) mass is 318 g/mol. The largest absolute Gasteiger partial charge is 0.416 e. The van der Waals surface area contributed by atoms with E-state index in [1.54, 1.807) is 13.0 Å². The Morgan fingerprint density at radius 1 is 1.32 bits per heavy atom. The molecule has 2 aromatic heterocycles. The molecule has 0 fully saturated rings. The molecular weight excluding hydrogens is 307 g/mol. The number of rotatable bonds is 5. The Hall–Kier alpha value is -0.980. The van der Waals surface area contributed by atoms with Crippen LogP contribution >= 0.6 is 35.0 Å². The summed E-state index contributed by atoms with van der Waals surface area (Å²) in [6, 6.07) is 1.65. The molecular formula is C11H12Cl2N4OS. The maximum absolute atomic E-state index is 6.11. The van der Waals surface area contributed by atoms with E-state index >= 15 is 0 Å². The Morgan fingerprint density at radius 3 is 2.74 bits per heavy atom. The first-order valence-electron chi connectivity index (χ1n) is 5.68. The van der Waals surface area contributed by atoms with Gasteiger partial charge in [0.25, 0.3) is 5.22 Å². The molecule has 0 aliphatic rings. The standard InChI is InChI=1S/C11H12Cl2N4OS/c1-3-4-14-9-7(12)5-8(13)10(15-9)19-11-17-16-6(2)18-11/h5H,3-4H2,1-2H3,(H,14,15). The molecule has 5 nitrogen and oxygen atoms in total. The van der Waals surface area contributed by atoms with Crippen molar-refractivity contribution in [3.63, 3.8) is 0 Å². The fourth-order valence-corrected chi connectivity index (χ4v) is 2.53. The van der Waals surface area contributed by atoms with Gasteiger partial charge in [-0.1, -0.05) is 30.1 Å². The molecule has 0 amide bonds. The quantitative estimate of drug-likeness (QED) is 0.897. The average molecular weight is 319 g/mol. The molecule has 0 atom stereocenters. The third-order valence-electron chi connectivity index (χ3n) is 2.13. The van der Waals surface area contributed by atoms with Crippen molar-refractivity contribution in [3.8, 4) is 0 Å². The van der Waals surface area contributed by atoms with E-state index < -0.39 is 0 Å². The van der Waals surface area contributed by atoms with Gasteiger partial charge in [-0.3, -0.25) is 0 Å². The Kier molecular flexibility index (Phi) is 4.90. The van der Waals surface area contributed by atoms with Crippen LogP contribution in [0.15, 0.2) is 20.7 Å². The second kappa shape index (κ2) is 6.45. The van der Waals surface area contributed by atoms with Crippen LogP contribution in [-0.2, 0) is 0 Å². The SMILES string of the molecule is CCCNc1nc(Sc2nnc(C)o2)c(Cl)cc1Cl. The van der Waals surface area contributed by atoms with E-state index in [2.05, 4.69) is 27.4 Å². The molecule has 0 saturated heterocycles. The van der Waals surface area contributed by atoms with Gasteiger partial charge in [0, 0.05) is 13.5 Å². The van der Waals surface area contributed by atoms with Crippen LogP contribution in [0.5, 0.6) is 0 Å². The molecule has 19 heavy (non-hydrogen) atoms. The molecule has 0 aromatic carbocycles. The number of pyridine rings is 1. The van der Waals surface area contributed by atoms with Crippen molar-refractivity contribution < 1.29 is 4.42 Å². The third kappa shape index (κ3) is 3.75. The van der Waals surface area contributed by atoms with Crippen molar-refractivity contribution >= 4 is 40.8 Å². The summed E-state index contributed by atoms with van der Waals surface area (Å²) in [7, 11) is 0. The van der Waals surface area contributed by atoms with E-state index in [-0.39, 0.29) is 0 Å². The van der Waals surface area contributed by atoms with E-state index in [4.69, 9.17) is 27.6 Å². The summed E-state index contributed by atoms with van der Waals surface area (Å²) in [5.41, 5.74) is 0. The van der Waals surface area contributed by atoms with Crippen LogP contribution in [0.4, 0.5) is 5.82 Å². The van der Waals surface area contributed by atoms with Crippen molar-refractivity contribution in [1.82, 2.24) is 15.2 Å². The molecule has 0 saturated carbocycles. The zero-order chi connectivity index (χ0) is 13.8. The highest BCUT2D eigenvalue weighted by atomic mass is 35.5. The maximum Gasteiger partial charge on any atom is 0.282 e. The summed E-state index contributed by atoms with van der Waals surface area (Å²) >= 11 is 13.4. The smallest absolute Gasteiger partial charge is 0.282 e. The van der Waals surface area contributed by atoms with E-state index in [1.165, 1.54) is 11.8 Å². The molecule has 2 aromatic rings. The van der Waals surface area contributed by atoms with Crippen LogP contribution in [0.1, 0.15) is 19.2 Å². The minimum absolute atomic E-state index is 0.399. The molecule has 8 heteroatoms. The van der Waals surface area contributed by atoms with E-state index in [0.29, 0.717) is 32.0 Å². The lowest BCUT2D eigenvalue weighted by molar-refractivity contribution is 0.429. The first kappa shape index (κ1) is 14.4. The van der Waals surface area contributed by atoms with E-state index in [0.717, 1.165) is 13.0 Å². The summed E-state index contributed by atoms with van der Waals surface area (Å²) in [4.78, 5) is 4.37. The fraction of sp³-hybridized carbons (Fsp3) is 0.364. The molecule has 0 bridgehead atoms. The molecule has 2 heterocycles. The van der Waals surface area contributed by atoms with Crippen LogP contribution in [0.2, 0.25) is 10.0 Å². The Labute approximate surface area is 125 Å². The van der Waals surface area contributed by atoms with Crippen LogP contribution in [0, 0.1) is 6.92 Å². The van der Waals surface area contributed by atoms with Gasteiger partial charge in [-0.25, -0.2) is 4.98 Å². The van der Waals surface area contributed by atoms with Crippen molar-refractivity contribution in [1.29, 1.82) is 0 Å². The number of nitrogens with zero attached hydrogens (tertiary/aromatic N) is 3. The topological polar surface area (TPSA) is 63.8 Å². The molecule has 0 unspecified atom stereocenters. The molecule has 0 aliphatic heterocycles. The number of nitrogens with one attached hydrogen (secondary N) is 1. The van der Waals surface area contributed by atoms with E-state index in [9.17, 15) is 0 Å². The minimum atomic E-state index is 0.399. The molecule has 0 radical (unpaired) electrons. The lowest BCUT2D eigenvalue weighted by Crippen LogP contribution is -2.03. The lowest BCUT2D eigenvalue weighted by Gasteiger charge is -2.08. The van der Waals surface area contributed by atoms with Crippen LogP contribution in [-0.4, -0.2) is 21.7 Å². The second-order valence-corrected chi connectivity index (χ2v) is 5.48. The summed E-state index contributed by atoms with van der Waals surface area (Å²) in [5.74, 6) is 1.10. The van der Waals surface area contributed by atoms with Gasteiger partial charge in [-0.05, 0) is 24.2 Å². The summed E-state index contributed by atoms with van der Waals surface area (Å²) < 4.78 is 5.28. The van der Waals surface area contributed by atoms with Gasteiger partial charge in [0.1, 0.15) is 10.8 Å². The Bertz CT molecular complexity index is 576. The highest BCUT2D eigenvalue weighted by Crippen LogP contribution is 2.35. The van der Waals surface area contributed by atoms with Crippen LogP contribution in [0.25, 0.3) is 0 Å². The Morgan fingerprint density at radius 2 is 2.11 bits per heavy atom. The van der Waals surface area contributed by atoms with Gasteiger partial charge in [0.05, 0.1) is 10.0 Å². The lowest BCUT2D eigenvalue weighted by atomic mass is 10.4. The summed E-state index contributed by atoms with van der Waals surface area (Å²) in [5, 5.41) is 12.7. The summed E-state index contributed by atoms with van der Waals surface area (Å²) in [6.45, 7) is 4.58. The minimum Gasteiger partial charge on any atom is -0.416 e. The van der Waals surface area contributed by atoms with Gasteiger partial charge in [-0.2, -0.15) is 0 Å².